The minimum absolute atomic E-state index is 0.0826. The van der Waals surface area contributed by atoms with E-state index >= 15 is 0 Å². The van der Waals surface area contributed by atoms with Crippen molar-refractivity contribution < 1.29 is 29.9 Å². The highest BCUT2D eigenvalue weighted by molar-refractivity contribution is 5.82. The maximum absolute atomic E-state index is 10.3. The van der Waals surface area contributed by atoms with Crippen molar-refractivity contribution in [2.75, 3.05) is 19.0 Å². The lowest BCUT2D eigenvalue weighted by Gasteiger charge is -2.16. The Bertz CT molecular complexity index is 1010. The van der Waals surface area contributed by atoms with Gasteiger partial charge in [0.1, 0.15) is 36.1 Å². The van der Waals surface area contributed by atoms with Crippen LogP contribution in [0.25, 0.3) is 11.2 Å². The van der Waals surface area contributed by atoms with Gasteiger partial charge in [-0.05, 0) is 12.1 Å². The number of methoxy groups -OCH3 is 1. The lowest BCUT2D eigenvalue weighted by molar-refractivity contribution is -0.0511. The molecule has 1 saturated heterocycles. The Labute approximate surface area is 165 Å². The van der Waals surface area contributed by atoms with Gasteiger partial charge in [0.2, 0.25) is 0 Å². The van der Waals surface area contributed by atoms with Crippen LogP contribution in [0.5, 0.6) is 11.5 Å². The molecular weight excluding hydrogens is 382 g/mol. The second kappa shape index (κ2) is 7.79. The summed E-state index contributed by atoms with van der Waals surface area (Å²) in [4.78, 5) is 12.7. The quantitative estimate of drug-likeness (QED) is 0.372. The Kier molecular flexibility index (Phi) is 5.20. The summed E-state index contributed by atoms with van der Waals surface area (Å²) in [6.45, 7) is -0.142. The molecule has 0 spiro atoms. The predicted octanol–water partition coefficient (Wildman–Crippen LogP) is -0.236. The standard InChI is InChI=1S/C18H21N5O6/c1-28-10-3-2-9(11(25)4-10)5-19-16-13-17(21-7-20-16)23(8-22-13)18-15(27)14(26)12(6-24)29-18/h2-4,7-8,12,14-15,18,24-27H,5-6H2,1H3,(H,19,20,21)/t12-,14-,15+,18?/m1/s1. The minimum atomic E-state index is -1.24. The third-order valence-corrected chi connectivity index (χ3v) is 4.89. The van der Waals surface area contributed by atoms with Gasteiger partial charge in [-0.2, -0.15) is 0 Å². The van der Waals surface area contributed by atoms with Crippen molar-refractivity contribution in [3.05, 3.63) is 36.4 Å². The van der Waals surface area contributed by atoms with Crippen LogP contribution in [0.15, 0.2) is 30.9 Å². The maximum Gasteiger partial charge on any atom is 0.167 e. The van der Waals surface area contributed by atoms with Crippen molar-refractivity contribution in [2.45, 2.75) is 31.1 Å². The molecule has 1 aliphatic heterocycles. The fraction of sp³-hybridized carbons (Fsp3) is 0.389. The van der Waals surface area contributed by atoms with E-state index in [1.807, 2.05) is 0 Å². The van der Waals surface area contributed by atoms with E-state index in [0.29, 0.717) is 28.3 Å². The monoisotopic (exact) mass is 403 g/mol. The SMILES string of the molecule is COc1ccc(CNc2ncnc3c2ncn3C2O[C@H](CO)[C@@H](O)[C@@H]2O)c(O)c1. The van der Waals surface area contributed by atoms with E-state index in [4.69, 9.17) is 9.47 Å². The molecule has 11 heteroatoms. The second-order valence-electron chi connectivity index (χ2n) is 6.62. The van der Waals surface area contributed by atoms with Crippen LogP contribution in [0.1, 0.15) is 11.8 Å². The third-order valence-electron chi connectivity index (χ3n) is 4.89. The number of phenolic OH excluding ortho intramolecular Hbond substituents is 1. The summed E-state index contributed by atoms with van der Waals surface area (Å²) in [5.41, 5.74) is 1.45. The number of aliphatic hydroxyl groups excluding tert-OH is 3. The Morgan fingerprint density at radius 3 is 2.72 bits per heavy atom. The zero-order valence-electron chi connectivity index (χ0n) is 15.5. The van der Waals surface area contributed by atoms with Gasteiger partial charge in [0, 0.05) is 18.2 Å². The van der Waals surface area contributed by atoms with Gasteiger partial charge in [0.05, 0.1) is 20.0 Å². The van der Waals surface area contributed by atoms with Crippen molar-refractivity contribution in [1.29, 1.82) is 0 Å². The number of fused-ring (bicyclic) bond motifs is 1. The number of ether oxygens (including phenoxy) is 2. The molecule has 1 unspecified atom stereocenters. The largest absolute Gasteiger partial charge is 0.507 e. The predicted molar refractivity (Wildman–Crippen MR) is 100 cm³/mol. The van der Waals surface area contributed by atoms with Gasteiger partial charge < -0.3 is 35.2 Å². The Morgan fingerprint density at radius 1 is 1.21 bits per heavy atom. The smallest absolute Gasteiger partial charge is 0.167 e. The Hall–Kier alpha value is -2.99. The van der Waals surface area contributed by atoms with Gasteiger partial charge in [-0.15, -0.1) is 0 Å². The average molecular weight is 403 g/mol. The number of aliphatic hydroxyl groups is 3. The zero-order valence-corrected chi connectivity index (χ0v) is 15.5. The summed E-state index contributed by atoms with van der Waals surface area (Å²) in [7, 11) is 1.52. The number of benzene rings is 1. The van der Waals surface area contributed by atoms with Crippen LogP contribution in [0.2, 0.25) is 0 Å². The molecule has 2 aromatic heterocycles. The van der Waals surface area contributed by atoms with Crippen LogP contribution < -0.4 is 10.1 Å². The number of aromatic nitrogens is 4. The summed E-state index contributed by atoms with van der Waals surface area (Å²) in [6, 6.07) is 4.99. The zero-order chi connectivity index (χ0) is 20.5. The molecule has 3 heterocycles. The number of aromatic hydroxyl groups is 1. The second-order valence-corrected chi connectivity index (χ2v) is 6.62. The van der Waals surface area contributed by atoms with E-state index in [-0.39, 0.29) is 12.3 Å². The number of rotatable bonds is 6. The summed E-state index contributed by atoms with van der Waals surface area (Å²) in [5, 5.41) is 42.7. The molecular formula is C18H21N5O6. The number of nitrogens with one attached hydrogen (secondary N) is 1. The highest BCUT2D eigenvalue weighted by atomic mass is 16.6. The molecule has 3 aromatic rings. The molecule has 11 nitrogen and oxygen atoms in total. The molecule has 1 fully saturated rings. The number of phenols is 1. The first kappa shape index (κ1) is 19.3. The summed E-state index contributed by atoms with van der Waals surface area (Å²) >= 11 is 0. The van der Waals surface area contributed by atoms with Gasteiger partial charge in [0.15, 0.2) is 23.2 Å². The molecule has 5 N–H and O–H groups in total. The van der Waals surface area contributed by atoms with Crippen LogP contribution in [0.3, 0.4) is 0 Å². The fourth-order valence-electron chi connectivity index (χ4n) is 3.28. The number of anilines is 1. The first-order valence-corrected chi connectivity index (χ1v) is 8.93. The van der Waals surface area contributed by atoms with Crippen LogP contribution >= 0.6 is 0 Å². The van der Waals surface area contributed by atoms with E-state index in [9.17, 15) is 20.4 Å². The van der Waals surface area contributed by atoms with Crippen LogP contribution in [-0.4, -0.2) is 72.0 Å². The Balaban J connectivity index is 1.58. The van der Waals surface area contributed by atoms with Crippen molar-refractivity contribution in [2.24, 2.45) is 0 Å². The van der Waals surface area contributed by atoms with Gasteiger partial charge in [0.25, 0.3) is 0 Å². The van der Waals surface area contributed by atoms with E-state index < -0.39 is 31.1 Å². The first-order valence-electron chi connectivity index (χ1n) is 8.93. The third kappa shape index (κ3) is 3.44. The van der Waals surface area contributed by atoms with Crippen LogP contribution in [-0.2, 0) is 11.3 Å². The van der Waals surface area contributed by atoms with Crippen molar-refractivity contribution in [3.63, 3.8) is 0 Å². The molecule has 0 amide bonds. The number of hydrogen-bond acceptors (Lipinski definition) is 10. The van der Waals surface area contributed by atoms with Crippen molar-refractivity contribution in [3.8, 4) is 11.5 Å². The van der Waals surface area contributed by atoms with Gasteiger partial charge in [-0.3, -0.25) is 4.57 Å². The summed E-state index contributed by atoms with van der Waals surface area (Å²) < 4.78 is 12.1. The van der Waals surface area contributed by atoms with Crippen molar-refractivity contribution in [1.82, 2.24) is 19.5 Å². The molecule has 1 aliphatic rings. The molecule has 0 radical (unpaired) electrons. The number of nitrogens with zero attached hydrogens (tertiary/aromatic N) is 4. The Morgan fingerprint density at radius 2 is 2.03 bits per heavy atom. The van der Waals surface area contributed by atoms with E-state index in [2.05, 4.69) is 20.3 Å². The molecule has 4 rings (SSSR count). The lowest BCUT2D eigenvalue weighted by atomic mass is 10.1. The first-order chi connectivity index (χ1) is 14.0. The highest BCUT2D eigenvalue weighted by Crippen LogP contribution is 2.32. The molecule has 0 bridgehead atoms. The lowest BCUT2D eigenvalue weighted by Crippen LogP contribution is -2.33. The van der Waals surface area contributed by atoms with Crippen LogP contribution in [0.4, 0.5) is 5.82 Å². The van der Waals surface area contributed by atoms with Crippen molar-refractivity contribution >= 4 is 17.0 Å². The summed E-state index contributed by atoms with van der Waals surface area (Å²) in [5.74, 6) is 1.06. The molecule has 154 valence electrons. The molecule has 0 saturated carbocycles. The maximum atomic E-state index is 10.3. The molecule has 4 atom stereocenters. The summed E-state index contributed by atoms with van der Waals surface area (Å²) in [6.07, 6.45) is -1.55. The fourth-order valence-corrected chi connectivity index (χ4v) is 3.28. The van der Waals surface area contributed by atoms with Crippen LogP contribution in [0, 0.1) is 0 Å². The van der Waals surface area contributed by atoms with Gasteiger partial charge in [-0.1, -0.05) is 0 Å². The molecule has 0 aliphatic carbocycles. The molecule has 29 heavy (non-hydrogen) atoms. The molecule has 1 aromatic carbocycles. The van der Waals surface area contributed by atoms with Gasteiger partial charge in [-0.25, -0.2) is 15.0 Å². The topological polar surface area (TPSA) is 155 Å². The highest BCUT2D eigenvalue weighted by Gasteiger charge is 2.44. The normalized spacial score (nSPS) is 24.1. The van der Waals surface area contributed by atoms with E-state index in [0.717, 1.165) is 0 Å². The number of hydrogen-bond donors (Lipinski definition) is 5. The average Bonchev–Trinajstić information content (AvgIpc) is 3.28. The van der Waals surface area contributed by atoms with E-state index in [1.54, 1.807) is 12.1 Å². The van der Waals surface area contributed by atoms with Gasteiger partial charge >= 0.3 is 0 Å². The number of imidazole rings is 1. The minimum Gasteiger partial charge on any atom is -0.507 e. The van der Waals surface area contributed by atoms with E-state index in [1.165, 1.54) is 30.4 Å².